The Morgan fingerprint density at radius 1 is 1.10 bits per heavy atom. The van der Waals surface area contributed by atoms with Gasteiger partial charge in [0.1, 0.15) is 11.5 Å². The van der Waals surface area contributed by atoms with E-state index in [2.05, 4.69) is 0 Å². The number of nitrogens with zero attached hydrogens (tertiary/aromatic N) is 1. The van der Waals surface area contributed by atoms with Crippen LogP contribution in [0.4, 0.5) is 0 Å². The zero-order valence-corrected chi connectivity index (χ0v) is 17.6. The van der Waals surface area contributed by atoms with Crippen molar-refractivity contribution in [2.45, 2.75) is 13.0 Å². The number of likely N-dealkylation sites (tertiary alicyclic amines) is 1. The maximum absolute atomic E-state index is 12.9. The fourth-order valence-corrected chi connectivity index (χ4v) is 3.54. The molecule has 0 spiro atoms. The molecule has 1 aliphatic rings. The molecule has 0 saturated carbocycles. The van der Waals surface area contributed by atoms with Gasteiger partial charge in [0.15, 0.2) is 11.5 Å². The second-order valence-corrected chi connectivity index (χ2v) is 6.87. The third kappa shape index (κ3) is 4.34. The highest BCUT2D eigenvalue weighted by molar-refractivity contribution is 6.46. The lowest BCUT2D eigenvalue weighted by atomic mass is 9.95. The van der Waals surface area contributed by atoms with E-state index in [9.17, 15) is 19.8 Å². The molecule has 1 heterocycles. The number of carbonyl (C=O) groups is 2. The molecule has 1 fully saturated rings. The number of phenols is 1. The summed E-state index contributed by atoms with van der Waals surface area (Å²) in [5.41, 5.74) is 0.847. The van der Waals surface area contributed by atoms with Crippen LogP contribution < -0.4 is 9.47 Å². The topological polar surface area (TPSA) is 106 Å². The van der Waals surface area contributed by atoms with Crippen molar-refractivity contribution in [3.05, 3.63) is 59.2 Å². The standard InChI is InChI=1S/C23H25NO7/c1-4-31-16-8-5-14(6-9-16)21(26)19-20(15-7-10-17(25)18(13-15)30-3)24(11-12-29-2)23(28)22(19)27/h5-10,13,20,25-26H,4,11-12H2,1-3H3. The number of ketones is 1. The molecule has 1 aliphatic heterocycles. The number of aromatic hydroxyl groups is 1. The van der Waals surface area contributed by atoms with Crippen molar-refractivity contribution in [1.82, 2.24) is 4.90 Å². The molecule has 1 atom stereocenters. The van der Waals surface area contributed by atoms with Gasteiger partial charge in [0.05, 0.1) is 31.9 Å². The average Bonchev–Trinajstić information content (AvgIpc) is 3.03. The molecule has 0 aliphatic carbocycles. The fraction of sp³-hybridized carbons (Fsp3) is 0.304. The van der Waals surface area contributed by atoms with E-state index in [1.54, 1.807) is 30.3 Å². The molecular weight excluding hydrogens is 402 g/mol. The van der Waals surface area contributed by atoms with Crippen molar-refractivity contribution >= 4 is 17.4 Å². The van der Waals surface area contributed by atoms with Crippen molar-refractivity contribution in [1.29, 1.82) is 0 Å². The quantitative estimate of drug-likeness (QED) is 0.379. The van der Waals surface area contributed by atoms with Gasteiger partial charge in [0, 0.05) is 19.2 Å². The Balaban J connectivity index is 2.13. The second-order valence-electron chi connectivity index (χ2n) is 6.87. The molecule has 2 aromatic carbocycles. The Labute approximate surface area is 180 Å². The first-order chi connectivity index (χ1) is 14.9. The number of aliphatic hydroxyl groups is 1. The SMILES string of the molecule is CCOc1ccc(C(O)=C2C(=O)C(=O)N(CCOC)C2c2ccc(O)c(OC)c2)cc1. The van der Waals surface area contributed by atoms with Gasteiger partial charge in [-0.25, -0.2) is 0 Å². The molecule has 1 saturated heterocycles. The van der Waals surface area contributed by atoms with Crippen LogP contribution in [-0.4, -0.2) is 60.8 Å². The molecule has 31 heavy (non-hydrogen) atoms. The Kier molecular flexibility index (Phi) is 6.81. The number of rotatable bonds is 8. The normalized spacial score (nSPS) is 17.8. The average molecular weight is 427 g/mol. The molecule has 0 aromatic heterocycles. The van der Waals surface area contributed by atoms with Gasteiger partial charge in [0.25, 0.3) is 11.7 Å². The van der Waals surface area contributed by atoms with E-state index in [1.165, 1.54) is 31.3 Å². The van der Waals surface area contributed by atoms with Crippen LogP contribution >= 0.6 is 0 Å². The number of carbonyl (C=O) groups excluding carboxylic acids is 2. The summed E-state index contributed by atoms with van der Waals surface area (Å²) in [7, 11) is 2.90. The van der Waals surface area contributed by atoms with Crippen LogP contribution in [0.3, 0.4) is 0 Å². The minimum absolute atomic E-state index is 0.0435. The summed E-state index contributed by atoms with van der Waals surface area (Å²) in [5, 5.41) is 21.0. The summed E-state index contributed by atoms with van der Waals surface area (Å²) in [6.07, 6.45) is 0. The zero-order chi connectivity index (χ0) is 22.5. The van der Waals surface area contributed by atoms with Gasteiger partial charge < -0.3 is 29.3 Å². The maximum atomic E-state index is 12.9. The van der Waals surface area contributed by atoms with E-state index in [-0.39, 0.29) is 36.0 Å². The van der Waals surface area contributed by atoms with Gasteiger partial charge >= 0.3 is 0 Å². The summed E-state index contributed by atoms with van der Waals surface area (Å²) in [5.74, 6) is -1.08. The van der Waals surface area contributed by atoms with Crippen molar-refractivity contribution in [3.63, 3.8) is 0 Å². The number of ether oxygens (including phenoxy) is 3. The number of hydrogen-bond acceptors (Lipinski definition) is 7. The molecular formula is C23H25NO7. The Bertz CT molecular complexity index is 997. The Hall–Kier alpha value is -3.52. The number of methoxy groups -OCH3 is 2. The predicted molar refractivity (Wildman–Crippen MR) is 113 cm³/mol. The van der Waals surface area contributed by atoms with E-state index >= 15 is 0 Å². The van der Waals surface area contributed by atoms with Crippen molar-refractivity contribution < 1.29 is 34.0 Å². The lowest BCUT2D eigenvalue weighted by molar-refractivity contribution is -0.140. The number of aliphatic hydroxyl groups excluding tert-OH is 1. The summed E-state index contributed by atoms with van der Waals surface area (Å²) < 4.78 is 15.7. The van der Waals surface area contributed by atoms with Crippen LogP contribution in [-0.2, 0) is 14.3 Å². The minimum atomic E-state index is -0.865. The third-order valence-corrected chi connectivity index (χ3v) is 5.03. The van der Waals surface area contributed by atoms with Crippen LogP contribution in [0.5, 0.6) is 17.2 Å². The van der Waals surface area contributed by atoms with Crippen molar-refractivity contribution in [3.8, 4) is 17.2 Å². The number of phenolic OH excluding ortho intramolecular Hbond substituents is 1. The van der Waals surface area contributed by atoms with Gasteiger partial charge in [-0.3, -0.25) is 9.59 Å². The first kappa shape index (κ1) is 22.2. The Morgan fingerprint density at radius 3 is 2.42 bits per heavy atom. The van der Waals surface area contributed by atoms with Gasteiger partial charge in [0.2, 0.25) is 0 Å². The smallest absolute Gasteiger partial charge is 0.295 e. The number of hydrogen-bond donors (Lipinski definition) is 2. The molecule has 2 aromatic rings. The highest BCUT2D eigenvalue weighted by Gasteiger charge is 2.46. The molecule has 0 bridgehead atoms. The summed E-state index contributed by atoms with van der Waals surface area (Å²) in [6.45, 7) is 2.72. The summed E-state index contributed by atoms with van der Waals surface area (Å²) in [4.78, 5) is 27.0. The first-order valence-electron chi connectivity index (χ1n) is 9.80. The highest BCUT2D eigenvalue weighted by atomic mass is 16.5. The molecule has 3 rings (SSSR count). The molecule has 1 amide bonds. The van der Waals surface area contributed by atoms with Gasteiger partial charge in [-0.2, -0.15) is 0 Å². The van der Waals surface area contributed by atoms with E-state index in [0.29, 0.717) is 23.5 Å². The second kappa shape index (κ2) is 9.53. The van der Waals surface area contributed by atoms with E-state index in [1.807, 2.05) is 6.92 Å². The molecule has 0 radical (unpaired) electrons. The molecule has 8 nitrogen and oxygen atoms in total. The lowest BCUT2D eigenvalue weighted by Crippen LogP contribution is -2.32. The maximum Gasteiger partial charge on any atom is 0.295 e. The van der Waals surface area contributed by atoms with Crippen molar-refractivity contribution in [2.24, 2.45) is 0 Å². The lowest BCUT2D eigenvalue weighted by Gasteiger charge is -2.25. The third-order valence-electron chi connectivity index (χ3n) is 5.03. The van der Waals surface area contributed by atoms with Gasteiger partial charge in [-0.15, -0.1) is 0 Å². The van der Waals surface area contributed by atoms with E-state index in [4.69, 9.17) is 14.2 Å². The number of Topliss-reactive ketones (excluding diaryl/α,β-unsaturated/α-hetero) is 1. The zero-order valence-electron chi connectivity index (χ0n) is 17.6. The van der Waals surface area contributed by atoms with E-state index < -0.39 is 17.7 Å². The highest BCUT2D eigenvalue weighted by Crippen LogP contribution is 2.41. The fourth-order valence-electron chi connectivity index (χ4n) is 3.54. The van der Waals surface area contributed by atoms with Crippen LogP contribution in [0, 0.1) is 0 Å². The van der Waals surface area contributed by atoms with Gasteiger partial charge in [-0.1, -0.05) is 6.07 Å². The molecule has 2 N–H and O–H groups in total. The largest absolute Gasteiger partial charge is 0.507 e. The molecule has 164 valence electrons. The predicted octanol–water partition coefficient (Wildman–Crippen LogP) is 2.87. The molecule has 8 heteroatoms. The minimum Gasteiger partial charge on any atom is -0.507 e. The van der Waals surface area contributed by atoms with Crippen LogP contribution in [0.25, 0.3) is 5.76 Å². The van der Waals surface area contributed by atoms with E-state index in [0.717, 1.165) is 0 Å². The summed E-state index contributed by atoms with van der Waals surface area (Å²) >= 11 is 0. The van der Waals surface area contributed by atoms with Crippen LogP contribution in [0.15, 0.2) is 48.0 Å². The number of benzene rings is 2. The van der Waals surface area contributed by atoms with Crippen molar-refractivity contribution in [2.75, 3.05) is 34.0 Å². The van der Waals surface area contributed by atoms with Gasteiger partial charge in [-0.05, 0) is 48.9 Å². The monoisotopic (exact) mass is 427 g/mol. The number of amides is 1. The van der Waals surface area contributed by atoms with Crippen LogP contribution in [0.2, 0.25) is 0 Å². The first-order valence-corrected chi connectivity index (χ1v) is 9.80. The Morgan fingerprint density at radius 2 is 1.81 bits per heavy atom. The van der Waals surface area contributed by atoms with Crippen LogP contribution in [0.1, 0.15) is 24.1 Å². The summed E-state index contributed by atoms with van der Waals surface area (Å²) in [6, 6.07) is 10.3. The molecule has 1 unspecified atom stereocenters.